The molecule has 0 amide bonds. The summed E-state index contributed by atoms with van der Waals surface area (Å²) < 4.78 is 0. The fourth-order valence-electron chi connectivity index (χ4n) is 2.60. The molecule has 1 aromatic rings. The van der Waals surface area contributed by atoms with Crippen LogP contribution >= 0.6 is 0 Å². The van der Waals surface area contributed by atoms with E-state index in [1.165, 1.54) is 5.56 Å². The quantitative estimate of drug-likeness (QED) is 0.734. The monoisotopic (exact) mass is 292 g/mol. The molecular formula is C18H32N2O. The number of benzene rings is 1. The summed E-state index contributed by atoms with van der Waals surface area (Å²) in [6.45, 7) is 11.4. The van der Waals surface area contributed by atoms with Gasteiger partial charge in [0.2, 0.25) is 0 Å². The first kappa shape index (κ1) is 18.1. The van der Waals surface area contributed by atoms with E-state index in [9.17, 15) is 5.11 Å². The minimum absolute atomic E-state index is 0.0684. The maximum absolute atomic E-state index is 9.45. The molecule has 0 aliphatic carbocycles. The van der Waals surface area contributed by atoms with Gasteiger partial charge in [0.25, 0.3) is 0 Å². The van der Waals surface area contributed by atoms with Crippen LogP contribution in [0.3, 0.4) is 0 Å². The van der Waals surface area contributed by atoms with Crippen molar-refractivity contribution < 1.29 is 5.11 Å². The number of likely N-dealkylation sites (N-methyl/N-ethyl adjacent to an activating group) is 1. The smallest absolute Gasteiger partial charge is 0.0524 e. The van der Waals surface area contributed by atoms with Gasteiger partial charge in [0.15, 0.2) is 0 Å². The molecule has 0 aliphatic rings. The van der Waals surface area contributed by atoms with Crippen molar-refractivity contribution in [3.63, 3.8) is 0 Å². The number of hydrogen-bond donors (Lipinski definition) is 2. The van der Waals surface area contributed by atoms with E-state index >= 15 is 0 Å². The van der Waals surface area contributed by atoms with Crippen LogP contribution in [0.4, 0.5) is 0 Å². The summed E-state index contributed by atoms with van der Waals surface area (Å²) >= 11 is 0. The van der Waals surface area contributed by atoms with Crippen LogP contribution in [0.15, 0.2) is 30.3 Å². The summed E-state index contributed by atoms with van der Waals surface area (Å²) in [6.07, 6.45) is 0.586. The molecule has 0 saturated heterocycles. The first-order valence-corrected chi connectivity index (χ1v) is 7.99. The summed E-state index contributed by atoms with van der Waals surface area (Å²) in [4.78, 5) is 2.32. The highest BCUT2D eigenvalue weighted by molar-refractivity contribution is 5.25. The molecule has 1 aromatic carbocycles. The average Bonchev–Trinajstić information content (AvgIpc) is 2.44. The number of aliphatic hydroxyl groups excluding tert-OH is 1. The van der Waals surface area contributed by atoms with E-state index < -0.39 is 0 Å². The second kappa shape index (κ2) is 8.52. The molecule has 21 heavy (non-hydrogen) atoms. The van der Waals surface area contributed by atoms with Gasteiger partial charge >= 0.3 is 0 Å². The zero-order valence-electron chi connectivity index (χ0n) is 14.3. The zero-order chi connectivity index (χ0) is 15.9. The molecule has 3 nitrogen and oxygen atoms in total. The third-order valence-electron chi connectivity index (χ3n) is 3.92. The third-order valence-corrected chi connectivity index (χ3v) is 3.92. The molecule has 2 N–H and O–H groups in total. The number of rotatable bonds is 9. The minimum atomic E-state index is -0.232. The van der Waals surface area contributed by atoms with Crippen molar-refractivity contribution in [2.75, 3.05) is 26.7 Å². The maximum Gasteiger partial charge on any atom is 0.0524 e. The van der Waals surface area contributed by atoms with Gasteiger partial charge < -0.3 is 15.3 Å². The van der Waals surface area contributed by atoms with Crippen LogP contribution in [0.5, 0.6) is 0 Å². The lowest BCUT2D eigenvalue weighted by Crippen LogP contribution is -2.46. The molecule has 0 bridgehead atoms. The largest absolute Gasteiger partial charge is 0.393 e. The van der Waals surface area contributed by atoms with Crippen LogP contribution in [-0.2, 0) is 5.41 Å². The average molecular weight is 292 g/mol. The highest BCUT2D eigenvalue weighted by Crippen LogP contribution is 2.24. The van der Waals surface area contributed by atoms with E-state index in [0.717, 1.165) is 26.1 Å². The van der Waals surface area contributed by atoms with Crippen LogP contribution in [-0.4, -0.2) is 48.8 Å². The topological polar surface area (TPSA) is 35.5 Å². The van der Waals surface area contributed by atoms with E-state index in [-0.39, 0.29) is 11.5 Å². The highest BCUT2D eigenvalue weighted by atomic mass is 16.3. The van der Waals surface area contributed by atoms with Gasteiger partial charge in [0.1, 0.15) is 0 Å². The van der Waals surface area contributed by atoms with Crippen LogP contribution in [0.1, 0.15) is 39.7 Å². The summed E-state index contributed by atoms with van der Waals surface area (Å²) in [5.41, 5.74) is 1.43. The van der Waals surface area contributed by atoms with Gasteiger partial charge in [0, 0.05) is 31.1 Å². The van der Waals surface area contributed by atoms with Gasteiger partial charge in [0.05, 0.1) is 6.10 Å². The van der Waals surface area contributed by atoms with E-state index in [0.29, 0.717) is 6.04 Å². The molecular weight excluding hydrogens is 260 g/mol. The van der Waals surface area contributed by atoms with Crippen molar-refractivity contribution in [2.24, 2.45) is 0 Å². The summed E-state index contributed by atoms with van der Waals surface area (Å²) in [5.74, 6) is 0. The van der Waals surface area contributed by atoms with E-state index in [2.05, 4.69) is 68.4 Å². The zero-order valence-corrected chi connectivity index (χ0v) is 14.3. The number of nitrogens with one attached hydrogen (secondary N) is 1. The number of nitrogens with zero attached hydrogens (tertiary/aromatic N) is 1. The number of aliphatic hydroxyl groups is 1. The molecule has 0 spiro atoms. The van der Waals surface area contributed by atoms with Gasteiger partial charge in [-0.1, -0.05) is 51.1 Å². The van der Waals surface area contributed by atoms with Crippen molar-refractivity contribution in [1.82, 2.24) is 10.2 Å². The molecule has 0 aromatic heterocycles. The van der Waals surface area contributed by atoms with Crippen LogP contribution in [0.2, 0.25) is 0 Å². The van der Waals surface area contributed by atoms with Gasteiger partial charge in [-0.05, 0) is 26.0 Å². The Kier molecular flexibility index (Phi) is 7.36. The Bertz CT molecular complexity index is 391. The Labute approximate surface area is 130 Å². The molecule has 0 radical (unpaired) electrons. The summed E-state index contributed by atoms with van der Waals surface area (Å²) in [5, 5.41) is 13.0. The molecule has 0 fully saturated rings. The van der Waals surface area contributed by atoms with Gasteiger partial charge in [-0.25, -0.2) is 0 Å². The SMILES string of the molecule is CC(O)CCN(C)CC(C)(CNC(C)C)c1ccccc1. The molecule has 2 unspecified atom stereocenters. The van der Waals surface area contributed by atoms with Crippen LogP contribution < -0.4 is 5.32 Å². The summed E-state index contributed by atoms with van der Waals surface area (Å²) in [7, 11) is 2.14. The van der Waals surface area contributed by atoms with Crippen molar-refractivity contribution in [3.05, 3.63) is 35.9 Å². The standard InChI is InChI=1S/C18H32N2O/c1-15(2)19-13-18(4,17-9-7-6-8-10-17)14-20(5)12-11-16(3)21/h6-10,15-16,19,21H,11-14H2,1-5H3. The molecule has 3 heteroatoms. The van der Waals surface area contributed by atoms with Gasteiger partial charge in [-0.15, -0.1) is 0 Å². The highest BCUT2D eigenvalue weighted by Gasteiger charge is 2.28. The predicted molar refractivity (Wildman–Crippen MR) is 90.7 cm³/mol. The molecule has 0 aliphatic heterocycles. The Hall–Kier alpha value is -0.900. The van der Waals surface area contributed by atoms with E-state index in [1.807, 2.05) is 6.92 Å². The second-order valence-corrected chi connectivity index (χ2v) is 6.84. The van der Waals surface area contributed by atoms with Gasteiger partial charge in [-0.3, -0.25) is 0 Å². The molecule has 0 heterocycles. The van der Waals surface area contributed by atoms with E-state index in [1.54, 1.807) is 0 Å². The predicted octanol–water partition coefficient (Wildman–Crippen LogP) is 2.65. The van der Waals surface area contributed by atoms with Crippen molar-refractivity contribution in [2.45, 2.75) is 51.7 Å². The van der Waals surface area contributed by atoms with Crippen LogP contribution in [0.25, 0.3) is 0 Å². The lowest BCUT2D eigenvalue weighted by Gasteiger charge is -2.35. The van der Waals surface area contributed by atoms with Crippen molar-refractivity contribution in [1.29, 1.82) is 0 Å². The van der Waals surface area contributed by atoms with Crippen molar-refractivity contribution >= 4 is 0 Å². The Morgan fingerprint density at radius 1 is 1.19 bits per heavy atom. The molecule has 2 atom stereocenters. The van der Waals surface area contributed by atoms with Crippen LogP contribution in [0, 0.1) is 0 Å². The van der Waals surface area contributed by atoms with Crippen molar-refractivity contribution in [3.8, 4) is 0 Å². The minimum Gasteiger partial charge on any atom is -0.393 e. The Morgan fingerprint density at radius 2 is 1.81 bits per heavy atom. The first-order valence-electron chi connectivity index (χ1n) is 7.99. The lowest BCUT2D eigenvalue weighted by molar-refractivity contribution is 0.155. The molecule has 120 valence electrons. The Balaban J connectivity index is 2.77. The lowest BCUT2D eigenvalue weighted by atomic mass is 9.81. The molecule has 1 rings (SSSR count). The normalized spacial score (nSPS) is 16.2. The third kappa shape index (κ3) is 6.60. The fraction of sp³-hybridized carbons (Fsp3) is 0.667. The Morgan fingerprint density at radius 3 is 2.33 bits per heavy atom. The second-order valence-electron chi connectivity index (χ2n) is 6.84. The van der Waals surface area contributed by atoms with E-state index in [4.69, 9.17) is 0 Å². The van der Waals surface area contributed by atoms with Gasteiger partial charge in [-0.2, -0.15) is 0 Å². The first-order chi connectivity index (χ1) is 9.83. The fourth-order valence-corrected chi connectivity index (χ4v) is 2.60. The number of hydrogen-bond acceptors (Lipinski definition) is 3. The molecule has 0 saturated carbocycles. The summed E-state index contributed by atoms with van der Waals surface area (Å²) in [6, 6.07) is 11.2. The maximum atomic E-state index is 9.45.